The number of rotatable bonds is 7. The lowest BCUT2D eigenvalue weighted by molar-refractivity contribution is -0.121. The topological polar surface area (TPSA) is 60.1 Å². The monoisotopic (exact) mass is 359 g/mol. The van der Waals surface area contributed by atoms with Gasteiger partial charge in [-0.25, -0.2) is 0 Å². The summed E-state index contributed by atoms with van der Waals surface area (Å²) in [6.45, 7) is 1.12. The van der Waals surface area contributed by atoms with Crippen molar-refractivity contribution in [3.63, 3.8) is 0 Å². The minimum Gasteiger partial charge on any atom is -0.467 e. The summed E-state index contributed by atoms with van der Waals surface area (Å²) in [5.41, 5.74) is 3.17. The number of amides is 1. The molecule has 0 aliphatic carbocycles. The maximum absolute atomic E-state index is 12.0. The fraction of sp³-hybridized carbons (Fsp3) is 0.182. The third kappa shape index (κ3) is 3.92. The number of carbonyl (C=O) groups is 1. The van der Waals surface area contributed by atoms with Gasteiger partial charge in [-0.3, -0.25) is 9.48 Å². The normalized spacial score (nSPS) is 11.0. The molecule has 4 rings (SSSR count). The number of aromatic nitrogens is 2. The van der Waals surface area contributed by atoms with E-state index in [1.807, 2.05) is 47.1 Å². The van der Waals surface area contributed by atoms with Crippen molar-refractivity contribution in [2.45, 2.75) is 25.9 Å². The quantitative estimate of drug-likeness (QED) is 0.532. The van der Waals surface area contributed by atoms with Crippen LogP contribution in [0.15, 0.2) is 77.4 Å². The summed E-state index contributed by atoms with van der Waals surface area (Å²) in [6.07, 6.45) is 2.79. The number of aryl methyl sites for hydroxylation is 1. The minimum absolute atomic E-state index is 0.0196. The lowest BCUT2D eigenvalue weighted by atomic mass is 10.1. The van der Waals surface area contributed by atoms with Gasteiger partial charge < -0.3 is 9.73 Å². The van der Waals surface area contributed by atoms with Crippen molar-refractivity contribution in [3.8, 4) is 11.3 Å². The minimum atomic E-state index is 0.0196. The van der Waals surface area contributed by atoms with Crippen LogP contribution in [-0.4, -0.2) is 15.7 Å². The summed E-state index contributed by atoms with van der Waals surface area (Å²) in [6, 6.07) is 22.1. The molecule has 0 bridgehead atoms. The van der Waals surface area contributed by atoms with E-state index in [4.69, 9.17) is 9.52 Å². The average Bonchev–Trinajstić information content (AvgIpc) is 3.35. The van der Waals surface area contributed by atoms with Gasteiger partial charge in [0.15, 0.2) is 0 Å². The van der Waals surface area contributed by atoms with Crippen molar-refractivity contribution in [2.24, 2.45) is 0 Å². The van der Waals surface area contributed by atoms with Crippen LogP contribution in [0.4, 0.5) is 0 Å². The lowest BCUT2D eigenvalue weighted by Crippen LogP contribution is -2.22. The smallest absolute Gasteiger partial charge is 0.220 e. The van der Waals surface area contributed by atoms with Gasteiger partial charge in [-0.1, -0.05) is 48.5 Å². The maximum atomic E-state index is 12.0. The molecule has 0 fully saturated rings. The molecule has 0 spiro atoms. The van der Waals surface area contributed by atoms with E-state index in [-0.39, 0.29) is 5.91 Å². The molecule has 0 saturated heterocycles. The number of benzene rings is 2. The van der Waals surface area contributed by atoms with Gasteiger partial charge in [0.1, 0.15) is 11.5 Å². The molecule has 1 amide bonds. The number of nitrogens with zero attached hydrogens (tertiary/aromatic N) is 2. The predicted molar refractivity (Wildman–Crippen MR) is 105 cm³/mol. The van der Waals surface area contributed by atoms with Crippen molar-refractivity contribution in [1.29, 1.82) is 0 Å². The molecule has 2 aromatic heterocycles. The van der Waals surface area contributed by atoms with E-state index in [1.165, 1.54) is 0 Å². The first-order valence-electron chi connectivity index (χ1n) is 9.11. The highest BCUT2D eigenvalue weighted by Gasteiger charge is 2.12. The van der Waals surface area contributed by atoms with Crippen LogP contribution >= 0.6 is 0 Å². The van der Waals surface area contributed by atoms with Crippen LogP contribution in [0.25, 0.3) is 22.2 Å². The van der Waals surface area contributed by atoms with Gasteiger partial charge in [-0.2, -0.15) is 5.10 Å². The highest BCUT2D eigenvalue weighted by Crippen LogP contribution is 2.27. The Morgan fingerprint density at radius 3 is 2.63 bits per heavy atom. The number of hydrogen-bond acceptors (Lipinski definition) is 3. The van der Waals surface area contributed by atoms with E-state index < -0.39 is 0 Å². The zero-order valence-electron chi connectivity index (χ0n) is 15.0. The number of nitrogens with one attached hydrogen (secondary N) is 1. The van der Waals surface area contributed by atoms with E-state index in [2.05, 4.69) is 29.6 Å². The van der Waals surface area contributed by atoms with Crippen LogP contribution in [0, 0.1) is 0 Å². The second-order valence-corrected chi connectivity index (χ2v) is 6.41. The Balaban J connectivity index is 1.42. The Bertz CT molecular complexity index is 1020. The van der Waals surface area contributed by atoms with Crippen LogP contribution in [0.2, 0.25) is 0 Å². The van der Waals surface area contributed by atoms with E-state index in [1.54, 1.807) is 6.26 Å². The summed E-state index contributed by atoms with van der Waals surface area (Å²) < 4.78 is 7.22. The van der Waals surface area contributed by atoms with Gasteiger partial charge >= 0.3 is 0 Å². The Hall–Kier alpha value is -3.34. The molecule has 0 radical (unpaired) electrons. The molecule has 5 heteroatoms. The fourth-order valence-electron chi connectivity index (χ4n) is 3.18. The van der Waals surface area contributed by atoms with Crippen molar-refractivity contribution in [1.82, 2.24) is 15.1 Å². The molecule has 0 saturated carbocycles. The number of carbonyl (C=O) groups excluding carboxylic acids is 1. The summed E-state index contributed by atoms with van der Waals surface area (Å²) in [5, 5.41) is 8.82. The van der Waals surface area contributed by atoms with Crippen molar-refractivity contribution >= 4 is 16.8 Å². The third-order valence-corrected chi connectivity index (χ3v) is 4.52. The van der Waals surface area contributed by atoms with Crippen LogP contribution in [0.5, 0.6) is 0 Å². The number of furan rings is 1. The van der Waals surface area contributed by atoms with Crippen LogP contribution in [0.3, 0.4) is 0 Å². The molecule has 0 unspecified atom stereocenters. The third-order valence-electron chi connectivity index (χ3n) is 4.52. The van der Waals surface area contributed by atoms with Gasteiger partial charge in [-0.05, 0) is 24.6 Å². The molecule has 0 aliphatic heterocycles. The largest absolute Gasteiger partial charge is 0.467 e. The van der Waals surface area contributed by atoms with E-state index in [0.29, 0.717) is 19.5 Å². The van der Waals surface area contributed by atoms with Gasteiger partial charge in [0.05, 0.1) is 18.3 Å². The lowest BCUT2D eigenvalue weighted by Gasteiger charge is -2.05. The first kappa shape index (κ1) is 17.1. The number of para-hydroxylation sites is 1. The highest BCUT2D eigenvalue weighted by atomic mass is 16.3. The molecule has 5 nitrogen and oxygen atoms in total. The van der Waals surface area contributed by atoms with Crippen molar-refractivity contribution < 1.29 is 9.21 Å². The van der Waals surface area contributed by atoms with Gasteiger partial charge in [0.2, 0.25) is 5.91 Å². The van der Waals surface area contributed by atoms with Crippen LogP contribution in [-0.2, 0) is 17.9 Å². The molecule has 2 heterocycles. The summed E-state index contributed by atoms with van der Waals surface area (Å²) >= 11 is 0. The van der Waals surface area contributed by atoms with E-state index in [0.717, 1.165) is 34.3 Å². The highest BCUT2D eigenvalue weighted by molar-refractivity contribution is 5.93. The molecule has 4 aromatic rings. The van der Waals surface area contributed by atoms with Crippen LogP contribution in [0.1, 0.15) is 18.6 Å². The van der Waals surface area contributed by atoms with E-state index >= 15 is 0 Å². The number of fused-ring (bicyclic) bond motifs is 1. The standard InChI is InChI=1S/C22H21N3O2/c26-21(23-16-18-10-7-15-27-18)13-6-14-25-20-12-5-4-11-19(20)22(24-25)17-8-2-1-3-9-17/h1-5,7-12,15H,6,13-14,16H2,(H,23,26). The molecular formula is C22H21N3O2. The Kier molecular flexibility index (Phi) is 5.01. The predicted octanol–water partition coefficient (Wildman–Crippen LogP) is 4.39. The summed E-state index contributed by atoms with van der Waals surface area (Å²) in [7, 11) is 0. The Labute approximate surface area is 157 Å². The second-order valence-electron chi connectivity index (χ2n) is 6.41. The molecular weight excluding hydrogens is 338 g/mol. The first-order valence-corrected chi connectivity index (χ1v) is 9.11. The maximum Gasteiger partial charge on any atom is 0.220 e. The zero-order valence-corrected chi connectivity index (χ0v) is 15.0. The SMILES string of the molecule is O=C(CCCn1nc(-c2ccccc2)c2ccccc21)NCc1ccco1. The molecule has 136 valence electrons. The van der Waals surface area contributed by atoms with Crippen molar-refractivity contribution in [2.75, 3.05) is 0 Å². The summed E-state index contributed by atoms with van der Waals surface area (Å²) in [4.78, 5) is 12.0. The molecule has 0 aliphatic rings. The first-order chi connectivity index (χ1) is 13.3. The fourth-order valence-corrected chi connectivity index (χ4v) is 3.18. The summed E-state index contributed by atoms with van der Waals surface area (Å²) in [5.74, 6) is 0.778. The van der Waals surface area contributed by atoms with Crippen molar-refractivity contribution in [3.05, 3.63) is 78.8 Å². The molecule has 0 atom stereocenters. The van der Waals surface area contributed by atoms with Gasteiger partial charge in [0, 0.05) is 23.9 Å². The van der Waals surface area contributed by atoms with Crippen LogP contribution < -0.4 is 5.32 Å². The second kappa shape index (κ2) is 7.91. The number of hydrogen-bond donors (Lipinski definition) is 1. The molecule has 1 N–H and O–H groups in total. The Morgan fingerprint density at radius 1 is 1.00 bits per heavy atom. The molecule has 27 heavy (non-hydrogen) atoms. The van der Waals surface area contributed by atoms with Gasteiger partial charge in [0.25, 0.3) is 0 Å². The average molecular weight is 359 g/mol. The zero-order chi connectivity index (χ0) is 18.5. The van der Waals surface area contributed by atoms with E-state index in [9.17, 15) is 4.79 Å². The Morgan fingerprint density at radius 2 is 1.81 bits per heavy atom. The molecule has 2 aromatic carbocycles. The van der Waals surface area contributed by atoms with Gasteiger partial charge in [-0.15, -0.1) is 0 Å².